The number of hydrogen-bond donors (Lipinski definition) is 1. The lowest BCUT2D eigenvalue weighted by molar-refractivity contribution is -0.114. The summed E-state index contributed by atoms with van der Waals surface area (Å²) in [6, 6.07) is 14.0. The Labute approximate surface area is 234 Å². The van der Waals surface area contributed by atoms with Gasteiger partial charge in [0.2, 0.25) is 11.9 Å². The van der Waals surface area contributed by atoms with Crippen molar-refractivity contribution in [1.82, 2.24) is 19.5 Å². The molecule has 1 aliphatic heterocycles. The van der Waals surface area contributed by atoms with Crippen LogP contribution in [0.2, 0.25) is 5.15 Å². The van der Waals surface area contributed by atoms with Gasteiger partial charge in [-0.15, -0.1) is 0 Å². The van der Waals surface area contributed by atoms with E-state index in [1.165, 1.54) is 13.3 Å². The standard InChI is InChI=1S/C28H26ClN5O6/c1-15-4-8-18(9-5-15)26(36)38-13-21-20(40-27(37)19-10-6-16(2)7-11-19)12-22(39-21)34-14-30-23-24(29)32-28(31-17(3)35)33-25(23)34/h4-11,14,20-22H,12-13H2,1-3H3,(H,31,32,33,35). The number of hydrogen-bond acceptors (Lipinski definition) is 9. The summed E-state index contributed by atoms with van der Waals surface area (Å²) in [5, 5.41) is 2.56. The minimum Gasteiger partial charge on any atom is -0.459 e. The molecule has 11 nitrogen and oxygen atoms in total. The summed E-state index contributed by atoms with van der Waals surface area (Å²) in [7, 11) is 0. The number of halogens is 1. The zero-order chi connectivity index (χ0) is 28.4. The molecule has 1 amide bonds. The van der Waals surface area contributed by atoms with Gasteiger partial charge in [0.15, 0.2) is 10.8 Å². The highest BCUT2D eigenvalue weighted by molar-refractivity contribution is 6.33. The minimum absolute atomic E-state index is 0.00988. The third-order valence-electron chi connectivity index (χ3n) is 6.37. The number of anilines is 1. The zero-order valence-electron chi connectivity index (χ0n) is 22.0. The molecular weight excluding hydrogens is 538 g/mol. The topological polar surface area (TPSA) is 135 Å². The molecular formula is C28H26ClN5O6. The molecule has 3 heterocycles. The van der Waals surface area contributed by atoms with E-state index >= 15 is 0 Å². The quantitative estimate of drug-likeness (QED) is 0.256. The normalized spacial score (nSPS) is 18.4. The van der Waals surface area contributed by atoms with Gasteiger partial charge in [-0.3, -0.25) is 14.7 Å². The van der Waals surface area contributed by atoms with Crippen molar-refractivity contribution in [3.05, 3.63) is 82.3 Å². The molecule has 5 rings (SSSR count). The predicted molar refractivity (Wildman–Crippen MR) is 145 cm³/mol. The number of imidazole rings is 1. The van der Waals surface area contributed by atoms with Crippen molar-refractivity contribution in [3.8, 4) is 0 Å². The molecule has 40 heavy (non-hydrogen) atoms. The van der Waals surface area contributed by atoms with Gasteiger partial charge in [-0.05, 0) is 38.1 Å². The average Bonchev–Trinajstić information content (AvgIpc) is 3.52. The number of rotatable bonds is 7. The van der Waals surface area contributed by atoms with Gasteiger partial charge in [0, 0.05) is 13.3 Å². The van der Waals surface area contributed by atoms with Gasteiger partial charge in [-0.2, -0.15) is 9.97 Å². The summed E-state index contributed by atoms with van der Waals surface area (Å²) < 4.78 is 19.2. The summed E-state index contributed by atoms with van der Waals surface area (Å²) in [4.78, 5) is 49.9. The Bertz CT molecular complexity index is 1570. The Balaban J connectivity index is 1.39. The molecule has 0 aliphatic carbocycles. The van der Waals surface area contributed by atoms with E-state index in [0.717, 1.165) is 11.1 Å². The lowest BCUT2D eigenvalue weighted by Gasteiger charge is -2.19. The Hall–Kier alpha value is -4.35. The van der Waals surface area contributed by atoms with Gasteiger partial charge >= 0.3 is 11.9 Å². The second kappa shape index (κ2) is 11.4. The average molecular weight is 564 g/mol. The van der Waals surface area contributed by atoms with E-state index in [-0.39, 0.29) is 30.0 Å². The summed E-state index contributed by atoms with van der Waals surface area (Å²) in [5.74, 6) is -1.41. The minimum atomic E-state index is -0.779. The molecule has 2 aromatic heterocycles. The van der Waals surface area contributed by atoms with Gasteiger partial charge in [-0.25, -0.2) is 14.6 Å². The van der Waals surface area contributed by atoms with Crippen LogP contribution in [0, 0.1) is 13.8 Å². The van der Waals surface area contributed by atoms with E-state index in [0.29, 0.717) is 22.3 Å². The number of esters is 2. The second-order valence-corrected chi connectivity index (χ2v) is 9.84. The largest absolute Gasteiger partial charge is 0.459 e. The first-order valence-electron chi connectivity index (χ1n) is 12.5. The second-order valence-electron chi connectivity index (χ2n) is 9.48. The summed E-state index contributed by atoms with van der Waals surface area (Å²) in [5.41, 5.74) is 3.42. The zero-order valence-corrected chi connectivity index (χ0v) is 22.7. The molecule has 12 heteroatoms. The summed E-state index contributed by atoms with van der Waals surface area (Å²) in [6.45, 7) is 5.01. The van der Waals surface area contributed by atoms with Crippen LogP contribution < -0.4 is 5.32 Å². The van der Waals surface area contributed by atoms with Crippen molar-refractivity contribution in [2.24, 2.45) is 0 Å². The first-order chi connectivity index (χ1) is 19.2. The highest BCUT2D eigenvalue weighted by atomic mass is 35.5. The fourth-order valence-corrected chi connectivity index (χ4v) is 4.49. The van der Waals surface area contributed by atoms with Crippen LogP contribution in [0.25, 0.3) is 11.2 Å². The van der Waals surface area contributed by atoms with Crippen LogP contribution in [0.1, 0.15) is 51.4 Å². The molecule has 3 atom stereocenters. The highest BCUT2D eigenvalue weighted by Gasteiger charge is 2.41. The number of carbonyl (C=O) groups is 3. The van der Waals surface area contributed by atoms with Crippen molar-refractivity contribution in [1.29, 1.82) is 0 Å². The van der Waals surface area contributed by atoms with Crippen LogP contribution in [0.5, 0.6) is 0 Å². The number of fused-ring (bicyclic) bond motifs is 1. The first kappa shape index (κ1) is 27.2. The maximum atomic E-state index is 13.0. The van der Waals surface area contributed by atoms with Gasteiger partial charge < -0.3 is 14.2 Å². The highest BCUT2D eigenvalue weighted by Crippen LogP contribution is 2.34. The van der Waals surface area contributed by atoms with Gasteiger partial charge in [-0.1, -0.05) is 47.0 Å². The molecule has 1 N–H and O–H groups in total. The molecule has 0 spiro atoms. The van der Waals surface area contributed by atoms with E-state index in [2.05, 4.69) is 20.3 Å². The Kier molecular flexibility index (Phi) is 7.76. The third kappa shape index (κ3) is 5.95. The monoisotopic (exact) mass is 563 g/mol. The van der Waals surface area contributed by atoms with E-state index in [9.17, 15) is 14.4 Å². The molecule has 206 valence electrons. The number of benzene rings is 2. The molecule has 4 aromatic rings. The van der Waals surface area contributed by atoms with Crippen molar-refractivity contribution in [3.63, 3.8) is 0 Å². The number of amides is 1. The molecule has 0 radical (unpaired) electrons. The summed E-state index contributed by atoms with van der Waals surface area (Å²) >= 11 is 6.28. The van der Waals surface area contributed by atoms with Crippen LogP contribution in [-0.4, -0.2) is 56.2 Å². The SMILES string of the molecule is CC(=O)Nc1nc(Cl)c2ncn(C3CC(OC(=O)c4ccc(C)cc4)C(COC(=O)c4ccc(C)cc4)O3)c2n1. The van der Waals surface area contributed by atoms with E-state index in [1.807, 2.05) is 38.1 Å². The van der Waals surface area contributed by atoms with Crippen molar-refractivity contribution in [2.75, 3.05) is 11.9 Å². The van der Waals surface area contributed by atoms with Crippen LogP contribution >= 0.6 is 11.6 Å². The van der Waals surface area contributed by atoms with Gasteiger partial charge in [0.25, 0.3) is 0 Å². The molecule has 1 aliphatic rings. The number of carbonyl (C=O) groups excluding carboxylic acids is 3. The van der Waals surface area contributed by atoms with Gasteiger partial charge in [0.05, 0.1) is 17.5 Å². The molecule has 0 saturated carbocycles. The lowest BCUT2D eigenvalue weighted by Crippen LogP contribution is -2.32. The molecule has 3 unspecified atom stereocenters. The maximum Gasteiger partial charge on any atom is 0.338 e. The maximum absolute atomic E-state index is 13.0. The smallest absolute Gasteiger partial charge is 0.338 e. The van der Waals surface area contributed by atoms with Crippen molar-refractivity contribution in [2.45, 2.75) is 45.6 Å². The van der Waals surface area contributed by atoms with Crippen molar-refractivity contribution < 1.29 is 28.6 Å². The Morgan fingerprint density at radius 1 is 1.00 bits per heavy atom. The molecule has 1 saturated heterocycles. The van der Waals surface area contributed by atoms with Crippen LogP contribution in [0.15, 0.2) is 54.9 Å². The van der Waals surface area contributed by atoms with Gasteiger partial charge in [0.1, 0.15) is 30.6 Å². The summed E-state index contributed by atoms with van der Waals surface area (Å²) in [6.07, 6.45) is -0.535. The molecule has 2 aromatic carbocycles. The van der Waals surface area contributed by atoms with Crippen LogP contribution in [0.4, 0.5) is 5.95 Å². The fourth-order valence-electron chi connectivity index (χ4n) is 4.28. The molecule has 0 bridgehead atoms. The fraction of sp³-hybridized carbons (Fsp3) is 0.286. The first-order valence-corrected chi connectivity index (χ1v) is 12.9. The number of ether oxygens (including phenoxy) is 3. The lowest BCUT2D eigenvalue weighted by atomic mass is 10.1. The number of aromatic nitrogens is 4. The number of aryl methyl sites for hydroxylation is 2. The van der Waals surface area contributed by atoms with E-state index in [1.54, 1.807) is 28.8 Å². The van der Waals surface area contributed by atoms with E-state index < -0.39 is 30.4 Å². The number of nitrogens with one attached hydrogen (secondary N) is 1. The third-order valence-corrected chi connectivity index (χ3v) is 6.63. The van der Waals surface area contributed by atoms with Crippen LogP contribution in [-0.2, 0) is 19.0 Å². The van der Waals surface area contributed by atoms with E-state index in [4.69, 9.17) is 25.8 Å². The molecule has 1 fully saturated rings. The Morgan fingerprint density at radius 3 is 2.25 bits per heavy atom. The predicted octanol–water partition coefficient (Wildman–Crippen LogP) is 4.43. The van der Waals surface area contributed by atoms with Crippen molar-refractivity contribution >= 4 is 46.6 Å². The van der Waals surface area contributed by atoms with Crippen LogP contribution in [0.3, 0.4) is 0 Å². The number of nitrogens with zero attached hydrogens (tertiary/aromatic N) is 4. The Morgan fingerprint density at radius 2 is 1.62 bits per heavy atom.